The molecule has 0 spiro atoms. The lowest BCUT2D eigenvalue weighted by Crippen LogP contribution is -2.64. The Bertz CT molecular complexity index is 858. The minimum absolute atomic E-state index is 0.229. The third-order valence-corrected chi connectivity index (χ3v) is 7.53. The summed E-state index contributed by atoms with van der Waals surface area (Å²) in [5, 5.41) is 21.1. The summed E-state index contributed by atoms with van der Waals surface area (Å²) < 4.78 is 44.3. The Hall–Kier alpha value is -2.14. The van der Waals surface area contributed by atoms with Gasteiger partial charge in [0.25, 0.3) is 0 Å². The van der Waals surface area contributed by atoms with Crippen LogP contribution in [0, 0.1) is 0 Å². The predicted molar refractivity (Wildman–Crippen MR) is 133 cm³/mol. The van der Waals surface area contributed by atoms with E-state index in [1.165, 1.54) is 6.92 Å². The van der Waals surface area contributed by atoms with Crippen molar-refractivity contribution in [3.63, 3.8) is 0 Å². The maximum atomic E-state index is 12.0. The standard InChI is InChI=1S/C24H40O14Si/c1-12(25)32-10-16-18(29)19(30)21(35-14(3)27)24(37-16)38-17-11-33-23(31-8-9-39(5,6)7)22(36-15(4)28)20(17)34-13(2)26/h16-24,29-30H,8-11H2,1-7H3/t16-,17-,18+,19+,20+,21-,22-,23-,24+/m1/s1. The van der Waals surface area contributed by atoms with Gasteiger partial charge >= 0.3 is 23.9 Å². The van der Waals surface area contributed by atoms with Crippen LogP contribution in [0.2, 0.25) is 25.7 Å². The van der Waals surface area contributed by atoms with Crippen LogP contribution in [0.15, 0.2) is 0 Å². The molecule has 2 N–H and O–H groups in total. The Balaban J connectivity index is 2.31. The first-order valence-corrected chi connectivity index (χ1v) is 16.3. The molecule has 2 fully saturated rings. The highest BCUT2D eigenvalue weighted by atomic mass is 28.3. The van der Waals surface area contributed by atoms with Gasteiger partial charge in [-0.05, 0) is 6.04 Å². The van der Waals surface area contributed by atoms with E-state index in [2.05, 4.69) is 19.6 Å². The van der Waals surface area contributed by atoms with Crippen LogP contribution < -0.4 is 0 Å². The summed E-state index contributed by atoms with van der Waals surface area (Å²) in [7, 11) is -1.47. The predicted octanol–water partition coefficient (Wildman–Crippen LogP) is -0.112. The highest BCUT2D eigenvalue weighted by Crippen LogP contribution is 2.31. The van der Waals surface area contributed by atoms with Crippen molar-refractivity contribution in [2.45, 2.75) is 109 Å². The van der Waals surface area contributed by atoms with Crippen LogP contribution in [0.25, 0.3) is 0 Å². The summed E-state index contributed by atoms with van der Waals surface area (Å²) in [6.45, 7) is 10.7. The summed E-state index contributed by atoms with van der Waals surface area (Å²) in [4.78, 5) is 47.0. The first kappa shape index (κ1) is 33.1. The lowest BCUT2D eigenvalue weighted by Gasteiger charge is -2.45. The molecule has 224 valence electrons. The van der Waals surface area contributed by atoms with E-state index in [0.29, 0.717) is 6.61 Å². The highest BCUT2D eigenvalue weighted by Gasteiger charge is 2.52. The van der Waals surface area contributed by atoms with Crippen molar-refractivity contribution in [1.82, 2.24) is 0 Å². The average Bonchev–Trinajstić information content (AvgIpc) is 2.79. The van der Waals surface area contributed by atoms with Crippen molar-refractivity contribution in [3.05, 3.63) is 0 Å². The van der Waals surface area contributed by atoms with E-state index in [-0.39, 0.29) is 6.61 Å². The van der Waals surface area contributed by atoms with E-state index in [1.807, 2.05) is 0 Å². The van der Waals surface area contributed by atoms with Gasteiger partial charge in [0, 0.05) is 42.4 Å². The molecule has 2 rings (SSSR count). The molecule has 0 bridgehead atoms. The van der Waals surface area contributed by atoms with Crippen LogP contribution in [0.4, 0.5) is 0 Å². The number of rotatable bonds is 11. The molecule has 39 heavy (non-hydrogen) atoms. The molecular formula is C24H40O14Si. The zero-order chi connectivity index (χ0) is 29.5. The second kappa shape index (κ2) is 14.5. The van der Waals surface area contributed by atoms with Gasteiger partial charge in [-0.1, -0.05) is 19.6 Å². The molecule has 2 aliphatic rings. The number of ether oxygens (including phenoxy) is 8. The second-order valence-electron chi connectivity index (χ2n) is 10.6. The Labute approximate surface area is 228 Å². The smallest absolute Gasteiger partial charge is 0.303 e. The number of esters is 4. The summed E-state index contributed by atoms with van der Waals surface area (Å²) >= 11 is 0. The van der Waals surface area contributed by atoms with Crippen LogP contribution in [-0.2, 0) is 57.1 Å². The fourth-order valence-corrected chi connectivity index (χ4v) is 4.71. The Morgan fingerprint density at radius 2 is 1.36 bits per heavy atom. The maximum Gasteiger partial charge on any atom is 0.303 e. The molecule has 14 nitrogen and oxygen atoms in total. The SMILES string of the molecule is CC(=O)OC[C@H]1O[C@@H](O[C@@H]2CO[C@@H](OCC[Si](C)(C)C)[C@H](OC(C)=O)[C@H]2OC(C)=O)[C@H](OC(C)=O)[C@@H](O)[C@H]1O. The van der Waals surface area contributed by atoms with Crippen molar-refractivity contribution in [3.8, 4) is 0 Å². The maximum absolute atomic E-state index is 12.0. The van der Waals surface area contributed by atoms with E-state index < -0.39 is 93.9 Å². The van der Waals surface area contributed by atoms with Gasteiger partial charge in [0.2, 0.25) is 0 Å². The first-order valence-electron chi connectivity index (χ1n) is 12.6. The van der Waals surface area contributed by atoms with Crippen molar-refractivity contribution in [2.75, 3.05) is 19.8 Å². The van der Waals surface area contributed by atoms with Crippen molar-refractivity contribution in [2.24, 2.45) is 0 Å². The highest BCUT2D eigenvalue weighted by molar-refractivity contribution is 6.76. The largest absolute Gasteiger partial charge is 0.463 e. The number of aliphatic hydroxyl groups excluding tert-OH is 2. The van der Waals surface area contributed by atoms with E-state index in [9.17, 15) is 29.4 Å². The molecule has 2 heterocycles. The first-order chi connectivity index (χ1) is 18.1. The number of hydrogen-bond donors (Lipinski definition) is 2. The number of carbonyl (C=O) groups is 4. The lowest BCUT2D eigenvalue weighted by atomic mass is 9.98. The minimum Gasteiger partial charge on any atom is -0.463 e. The summed E-state index contributed by atoms with van der Waals surface area (Å²) in [6, 6.07) is 0.793. The minimum atomic E-state index is -1.69. The Morgan fingerprint density at radius 1 is 0.795 bits per heavy atom. The van der Waals surface area contributed by atoms with Crippen molar-refractivity contribution < 1.29 is 67.3 Å². The third kappa shape index (κ3) is 10.4. The van der Waals surface area contributed by atoms with E-state index in [0.717, 1.165) is 26.8 Å². The quantitative estimate of drug-likeness (QED) is 0.187. The third-order valence-electron chi connectivity index (χ3n) is 5.83. The molecule has 2 aliphatic heterocycles. The van der Waals surface area contributed by atoms with Gasteiger partial charge in [0.15, 0.2) is 30.9 Å². The van der Waals surface area contributed by atoms with Crippen LogP contribution >= 0.6 is 0 Å². The second-order valence-corrected chi connectivity index (χ2v) is 16.2. The number of aliphatic hydroxyl groups is 2. The zero-order valence-corrected chi connectivity index (χ0v) is 24.3. The molecule has 0 aromatic heterocycles. The molecule has 0 amide bonds. The fourth-order valence-electron chi connectivity index (χ4n) is 3.98. The molecule has 15 heteroatoms. The molecule has 0 aromatic carbocycles. The zero-order valence-electron chi connectivity index (χ0n) is 23.3. The number of carbonyl (C=O) groups excluding carboxylic acids is 4. The van der Waals surface area contributed by atoms with Crippen molar-refractivity contribution in [1.29, 1.82) is 0 Å². The molecule has 2 saturated heterocycles. The van der Waals surface area contributed by atoms with Crippen LogP contribution in [0.5, 0.6) is 0 Å². The average molecular weight is 581 g/mol. The Kier molecular flexibility index (Phi) is 12.3. The van der Waals surface area contributed by atoms with Gasteiger partial charge in [-0.15, -0.1) is 0 Å². The van der Waals surface area contributed by atoms with Gasteiger partial charge in [-0.2, -0.15) is 0 Å². The summed E-state index contributed by atoms with van der Waals surface area (Å²) in [5.74, 6) is -2.85. The van der Waals surface area contributed by atoms with E-state index in [1.54, 1.807) is 0 Å². The molecule has 0 radical (unpaired) electrons. The molecular weight excluding hydrogens is 540 g/mol. The van der Waals surface area contributed by atoms with Gasteiger partial charge in [-0.25, -0.2) is 0 Å². The summed E-state index contributed by atoms with van der Waals surface area (Å²) in [5.41, 5.74) is 0. The molecule has 9 atom stereocenters. The fraction of sp³-hybridized carbons (Fsp3) is 0.833. The van der Waals surface area contributed by atoms with Gasteiger partial charge < -0.3 is 48.1 Å². The molecule has 0 unspecified atom stereocenters. The lowest BCUT2D eigenvalue weighted by molar-refractivity contribution is -0.345. The monoisotopic (exact) mass is 580 g/mol. The normalized spacial score (nSPS) is 33.1. The molecule has 0 aliphatic carbocycles. The number of hydrogen-bond acceptors (Lipinski definition) is 14. The van der Waals surface area contributed by atoms with Crippen LogP contribution in [0.1, 0.15) is 27.7 Å². The topological polar surface area (TPSA) is 183 Å². The molecule has 0 saturated carbocycles. The van der Waals surface area contributed by atoms with Gasteiger partial charge in [-0.3, -0.25) is 19.2 Å². The van der Waals surface area contributed by atoms with Gasteiger partial charge in [0.05, 0.1) is 6.61 Å². The van der Waals surface area contributed by atoms with Crippen LogP contribution in [-0.4, -0.2) is 117 Å². The Morgan fingerprint density at radius 3 is 1.90 bits per heavy atom. The van der Waals surface area contributed by atoms with Gasteiger partial charge in [0.1, 0.15) is 31.0 Å². The van der Waals surface area contributed by atoms with Crippen LogP contribution in [0.3, 0.4) is 0 Å². The summed E-state index contributed by atoms with van der Waals surface area (Å²) in [6.07, 6.45) is -12.3. The van der Waals surface area contributed by atoms with Crippen molar-refractivity contribution >= 4 is 32.0 Å². The van der Waals surface area contributed by atoms with E-state index in [4.69, 9.17) is 37.9 Å². The molecule has 0 aromatic rings. The van der Waals surface area contributed by atoms with E-state index >= 15 is 0 Å².